The number of fused-ring (bicyclic) bond motifs is 1. The van der Waals surface area contributed by atoms with Crippen molar-refractivity contribution in [2.24, 2.45) is 40.1 Å². The third-order valence-corrected chi connectivity index (χ3v) is 10.0. The first-order chi connectivity index (χ1) is 16.4. The average molecular weight is 489 g/mol. The van der Waals surface area contributed by atoms with Gasteiger partial charge in [0.25, 0.3) is 5.91 Å². The van der Waals surface area contributed by atoms with Gasteiger partial charge in [0.2, 0.25) is 17.6 Å². The Morgan fingerprint density at radius 1 is 0.971 bits per heavy atom. The van der Waals surface area contributed by atoms with Gasteiger partial charge in [-0.3, -0.25) is 19.2 Å². The molecule has 35 heavy (non-hydrogen) atoms. The van der Waals surface area contributed by atoms with Gasteiger partial charge in [0.15, 0.2) is 0 Å². The Bertz CT molecular complexity index is 861. The van der Waals surface area contributed by atoms with E-state index in [2.05, 4.69) is 26.1 Å². The molecule has 3 saturated carbocycles. The fourth-order valence-electron chi connectivity index (χ4n) is 7.25. The predicted octanol–water partition coefficient (Wildman–Crippen LogP) is 2.28. The van der Waals surface area contributed by atoms with E-state index in [0.29, 0.717) is 18.9 Å². The predicted molar refractivity (Wildman–Crippen MR) is 133 cm³/mol. The molecular weight excluding hydrogens is 444 g/mol. The molecule has 1 aliphatic heterocycles. The number of carbonyl (C=O) groups excluding carboxylic acids is 4. The number of nitrogens with zero attached hydrogens (tertiary/aromatic N) is 1. The number of amides is 3. The zero-order valence-corrected chi connectivity index (χ0v) is 21.7. The van der Waals surface area contributed by atoms with E-state index in [1.807, 2.05) is 0 Å². The van der Waals surface area contributed by atoms with Crippen LogP contribution in [0.3, 0.4) is 0 Å². The van der Waals surface area contributed by atoms with Crippen LogP contribution in [0.5, 0.6) is 0 Å². The molecule has 8 heteroatoms. The van der Waals surface area contributed by atoms with Gasteiger partial charge in [-0.15, -0.1) is 0 Å². The van der Waals surface area contributed by atoms with E-state index < -0.39 is 29.8 Å². The van der Waals surface area contributed by atoms with Crippen molar-refractivity contribution in [3.63, 3.8) is 0 Å². The molecule has 1 unspecified atom stereocenters. The Morgan fingerprint density at radius 2 is 1.63 bits per heavy atom. The highest BCUT2D eigenvalue weighted by atomic mass is 16.2. The van der Waals surface area contributed by atoms with Crippen LogP contribution in [0.4, 0.5) is 0 Å². The molecule has 0 aromatic rings. The van der Waals surface area contributed by atoms with Crippen LogP contribution in [0.1, 0.15) is 91.4 Å². The summed E-state index contributed by atoms with van der Waals surface area (Å²) in [5.74, 6) is -1.75. The van der Waals surface area contributed by atoms with Crippen molar-refractivity contribution in [1.82, 2.24) is 10.2 Å². The minimum absolute atomic E-state index is 0.0193. The van der Waals surface area contributed by atoms with Crippen LogP contribution in [0.25, 0.3) is 0 Å². The minimum atomic E-state index is -1.03. The molecule has 0 radical (unpaired) electrons. The summed E-state index contributed by atoms with van der Waals surface area (Å²) in [4.78, 5) is 53.6. The third-order valence-electron chi connectivity index (χ3n) is 10.0. The van der Waals surface area contributed by atoms with Crippen molar-refractivity contribution in [3.05, 3.63) is 0 Å². The summed E-state index contributed by atoms with van der Waals surface area (Å²) in [7, 11) is 0. The van der Waals surface area contributed by atoms with E-state index in [4.69, 9.17) is 11.5 Å². The van der Waals surface area contributed by atoms with Gasteiger partial charge in [-0.05, 0) is 60.7 Å². The van der Waals surface area contributed by atoms with E-state index in [0.717, 1.165) is 57.8 Å². The molecule has 5 atom stereocenters. The molecule has 4 rings (SSSR count). The van der Waals surface area contributed by atoms with Gasteiger partial charge in [-0.2, -0.15) is 0 Å². The van der Waals surface area contributed by atoms with E-state index in [-0.39, 0.29) is 34.5 Å². The SMILES string of the molecule is CC1(C)CC[C@@H]2[C@@H](C(=O)NC(CC3CCC3)C(=O)C(N)=O)N(C(=O)[C@@H](N)C3(C)CCCCC3)C[C@@H]21. The molecule has 0 bridgehead atoms. The Morgan fingerprint density at radius 3 is 2.20 bits per heavy atom. The Hall–Kier alpha value is -1.96. The molecule has 1 heterocycles. The lowest BCUT2D eigenvalue weighted by Crippen LogP contribution is -2.59. The lowest BCUT2D eigenvalue weighted by atomic mass is 9.70. The number of rotatable bonds is 8. The summed E-state index contributed by atoms with van der Waals surface area (Å²) >= 11 is 0. The van der Waals surface area contributed by atoms with Gasteiger partial charge < -0.3 is 21.7 Å². The van der Waals surface area contributed by atoms with Crippen molar-refractivity contribution in [2.45, 2.75) is 110 Å². The monoisotopic (exact) mass is 488 g/mol. The van der Waals surface area contributed by atoms with Crippen molar-refractivity contribution in [3.8, 4) is 0 Å². The lowest BCUT2D eigenvalue weighted by Gasteiger charge is -2.41. The second-order valence-electron chi connectivity index (χ2n) is 12.7. The molecule has 3 amide bonds. The van der Waals surface area contributed by atoms with Crippen molar-refractivity contribution >= 4 is 23.5 Å². The van der Waals surface area contributed by atoms with Crippen molar-refractivity contribution < 1.29 is 19.2 Å². The van der Waals surface area contributed by atoms with E-state index in [1.54, 1.807) is 4.90 Å². The number of primary amides is 1. The molecule has 196 valence electrons. The molecular formula is C27H44N4O4. The smallest absolute Gasteiger partial charge is 0.287 e. The van der Waals surface area contributed by atoms with Gasteiger partial charge in [-0.1, -0.05) is 59.3 Å². The van der Waals surface area contributed by atoms with Crippen LogP contribution < -0.4 is 16.8 Å². The topological polar surface area (TPSA) is 136 Å². The molecule has 8 nitrogen and oxygen atoms in total. The van der Waals surface area contributed by atoms with Crippen LogP contribution >= 0.6 is 0 Å². The zero-order chi connectivity index (χ0) is 25.5. The summed E-state index contributed by atoms with van der Waals surface area (Å²) in [6.07, 6.45) is 10.5. The maximum atomic E-state index is 13.8. The molecule has 4 aliphatic rings. The molecule has 4 fully saturated rings. The first kappa shape index (κ1) is 26.1. The summed E-state index contributed by atoms with van der Waals surface area (Å²) in [6.45, 7) is 7.03. The molecule has 1 saturated heterocycles. The second-order valence-corrected chi connectivity index (χ2v) is 12.7. The van der Waals surface area contributed by atoms with Crippen LogP contribution in [0.15, 0.2) is 0 Å². The number of nitrogens with one attached hydrogen (secondary N) is 1. The summed E-state index contributed by atoms with van der Waals surface area (Å²) in [5, 5.41) is 2.87. The van der Waals surface area contributed by atoms with Crippen LogP contribution in [-0.4, -0.2) is 53.1 Å². The quantitative estimate of drug-likeness (QED) is 0.450. The molecule has 0 aromatic carbocycles. The number of hydrogen-bond donors (Lipinski definition) is 3. The Labute approximate surface area is 209 Å². The lowest BCUT2D eigenvalue weighted by molar-refractivity contribution is -0.144. The number of nitrogens with two attached hydrogens (primary N) is 2. The zero-order valence-electron chi connectivity index (χ0n) is 21.7. The fraction of sp³-hybridized carbons (Fsp3) is 0.852. The Balaban J connectivity index is 1.57. The molecule has 5 N–H and O–H groups in total. The molecule has 3 aliphatic carbocycles. The van der Waals surface area contributed by atoms with E-state index in [1.165, 1.54) is 6.42 Å². The standard InChI is InChI=1S/C27H44N4O4/c1-26(2)13-10-17-18(26)15-31(25(35)22(28)27(3)11-5-4-6-12-27)20(17)24(34)30-19(21(32)23(29)33)14-16-8-7-9-16/h16-20,22H,4-15,28H2,1-3H3,(H2,29,33)(H,30,34)/t17-,18-,19?,20-,22+/m0/s1. The number of Topliss-reactive ketones (excluding diaryl/α,β-unsaturated/α-hetero) is 1. The normalized spacial score (nSPS) is 31.2. The third kappa shape index (κ3) is 5.00. The number of ketones is 1. The van der Waals surface area contributed by atoms with Gasteiger partial charge in [0.1, 0.15) is 6.04 Å². The van der Waals surface area contributed by atoms with Crippen LogP contribution in [0.2, 0.25) is 0 Å². The van der Waals surface area contributed by atoms with Crippen LogP contribution in [0, 0.1) is 28.6 Å². The fourth-order valence-corrected chi connectivity index (χ4v) is 7.25. The van der Waals surface area contributed by atoms with Crippen LogP contribution in [-0.2, 0) is 19.2 Å². The van der Waals surface area contributed by atoms with E-state index >= 15 is 0 Å². The van der Waals surface area contributed by atoms with Gasteiger partial charge in [-0.25, -0.2) is 0 Å². The molecule has 0 aromatic heterocycles. The van der Waals surface area contributed by atoms with E-state index in [9.17, 15) is 19.2 Å². The van der Waals surface area contributed by atoms with Crippen molar-refractivity contribution in [2.75, 3.05) is 6.54 Å². The maximum absolute atomic E-state index is 13.8. The summed E-state index contributed by atoms with van der Waals surface area (Å²) in [5.41, 5.74) is 11.7. The van der Waals surface area contributed by atoms with Gasteiger partial charge in [0, 0.05) is 6.54 Å². The molecule has 0 spiro atoms. The highest BCUT2D eigenvalue weighted by Gasteiger charge is 2.57. The first-order valence-corrected chi connectivity index (χ1v) is 13.6. The second kappa shape index (κ2) is 9.83. The summed E-state index contributed by atoms with van der Waals surface area (Å²) < 4.78 is 0. The van der Waals surface area contributed by atoms with Gasteiger partial charge >= 0.3 is 0 Å². The number of carbonyl (C=O) groups is 4. The van der Waals surface area contributed by atoms with Crippen molar-refractivity contribution in [1.29, 1.82) is 0 Å². The maximum Gasteiger partial charge on any atom is 0.287 e. The number of hydrogen-bond acceptors (Lipinski definition) is 5. The van der Waals surface area contributed by atoms with Gasteiger partial charge in [0.05, 0.1) is 12.1 Å². The Kier molecular flexibility index (Phi) is 7.33. The number of likely N-dealkylation sites (tertiary alicyclic amines) is 1. The largest absolute Gasteiger partial charge is 0.363 e. The highest BCUT2D eigenvalue weighted by molar-refractivity contribution is 6.37. The summed E-state index contributed by atoms with van der Waals surface area (Å²) in [6, 6.07) is -2.25. The first-order valence-electron chi connectivity index (χ1n) is 13.6. The minimum Gasteiger partial charge on any atom is -0.363 e. The average Bonchev–Trinajstić information content (AvgIpc) is 3.31. The highest BCUT2D eigenvalue weighted by Crippen LogP contribution is 2.53.